The van der Waals surface area contributed by atoms with Gasteiger partial charge in [0.2, 0.25) is 5.91 Å². The van der Waals surface area contributed by atoms with Crippen molar-refractivity contribution in [2.24, 2.45) is 0 Å². The summed E-state index contributed by atoms with van der Waals surface area (Å²) in [5, 5.41) is 2.80. The third-order valence-corrected chi connectivity index (χ3v) is 3.56. The number of amides is 1. The fraction of sp³-hybridized carbons (Fsp3) is 0.278. The second-order valence-electron chi connectivity index (χ2n) is 5.33. The largest absolute Gasteiger partial charge is 0.435 e. The number of rotatable bonds is 7. The minimum absolute atomic E-state index is 0.0619. The number of hydrogen-bond acceptors (Lipinski definition) is 2. The quantitative estimate of drug-likeness (QED) is 0.821. The summed E-state index contributed by atoms with van der Waals surface area (Å²) in [5.41, 5.74) is 1.25. The van der Waals surface area contributed by atoms with Gasteiger partial charge in [-0.05, 0) is 42.7 Å². The molecule has 2 aromatic carbocycles. The van der Waals surface area contributed by atoms with E-state index in [0.29, 0.717) is 12.0 Å². The van der Waals surface area contributed by atoms with Gasteiger partial charge in [0, 0.05) is 6.42 Å². The van der Waals surface area contributed by atoms with Gasteiger partial charge in [-0.15, -0.1) is 0 Å². The van der Waals surface area contributed by atoms with Crippen LogP contribution in [0.5, 0.6) is 5.75 Å². The summed E-state index contributed by atoms with van der Waals surface area (Å²) in [5.74, 6) is -0.474. The van der Waals surface area contributed by atoms with Crippen LogP contribution in [0.25, 0.3) is 0 Å². The van der Waals surface area contributed by atoms with Crippen LogP contribution in [0.1, 0.15) is 30.5 Å². The normalized spacial score (nSPS) is 12.0. The zero-order chi connectivity index (χ0) is 17.5. The number of benzene rings is 2. The van der Waals surface area contributed by atoms with Gasteiger partial charge in [-0.3, -0.25) is 4.79 Å². The number of ether oxygens (including phenoxy) is 1. The van der Waals surface area contributed by atoms with Crippen molar-refractivity contribution in [2.45, 2.75) is 32.4 Å². The van der Waals surface area contributed by atoms with Crippen LogP contribution in [-0.2, 0) is 11.2 Å². The van der Waals surface area contributed by atoms with Crippen LogP contribution < -0.4 is 10.1 Å². The van der Waals surface area contributed by atoms with Crippen LogP contribution in [0, 0.1) is 5.82 Å². The molecule has 1 amide bonds. The summed E-state index contributed by atoms with van der Waals surface area (Å²) in [6, 6.07) is 12.1. The molecule has 0 heterocycles. The molecule has 0 saturated carbocycles. The van der Waals surface area contributed by atoms with E-state index in [0.717, 1.165) is 5.56 Å². The molecule has 1 atom stereocenters. The first kappa shape index (κ1) is 17.8. The van der Waals surface area contributed by atoms with Crippen molar-refractivity contribution in [3.8, 4) is 5.75 Å². The number of carbonyl (C=O) groups is 1. The van der Waals surface area contributed by atoms with Crippen molar-refractivity contribution < 1.29 is 22.7 Å². The summed E-state index contributed by atoms with van der Waals surface area (Å²) in [7, 11) is 0. The molecule has 6 heteroatoms. The van der Waals surface area contributed by atoms with Gasteiger partial charge in [0.1, 0.15) is 11.6 Å². The maximum absolute atomic E-state index is 13.5. The van der Waals surface area contributed by atoms with E-state index in [2.05, 4.69) is 10.1 Å². The Balaban J connectivity index is 1.86. The maximum Gasteiger partial charge on any atom is 0.387 e. The maximum atomic E-state index is 13.5. The molecule has 0 radical (unpaired) electrons. The van der Waals surface area contributed by atoms with E-state index >= 15 is 0 Å². The smallest absolute Gasteiger partial charge is 0.387 e. The topological polar surface area (TPSA) is 38.3 Å². The number of carbonyl (C=O) groups excluding carboxylic acids is 1. The molecule has 3 nitrogen and oxygen atoms in total. The van der Waals surface area contributed by atoms with Crippen LogP contribution in [-0.4, -0.2) is 12.5 Å². The summed E-state index contributed by atoms with van der Waals surface area (Å²) >= 11 is 0. The molecule has 2 rings (SSSR count). The molecule has 128 valence electrons. The molecule has 0 aliphatic carbocycles. The van der Waals surface area contributed by atoms with E-state index in [9.17, 15) is 18.0 Å². The van der Waals surface area contributed by atoms with Gasteiger partial charge >= 0.3 is 6.61 Å². The first-order valence-corrected chi connectivity index (χ1v) is 7.53. The van der Waals surface area contributed by atoms with Gasteiger partial charge in [-0.25, -0.2) is 4.39 Å². The van der Waals surface area contributed by atoms with Crippen LogP contribution in [0.3, 0.4) is 0 Å². The lowest BCUT2D eigenvalue weighted by atomic mass is 10.1. The third-order valence-electron chi connectivity index (χ3n) is 3.56. The Morgan fingerprint density at radius 1 is 1.12 bits per heavy atom. The minimum atomic E-state index is -2.87. The van der Waals surface area contributed by atoms with E-state index in [1.165, 1.54) is 18.2 Å². The van der Waals surface area contributed by atoms with Crippen LogP contribution in [0.15, 0.2) is 48.5 Å². The molecule has 24 heavy (non-hydrogen) atoms. The molecule has 1 unspecified atom stereocenters. The lowest BCUT2D eigenvalue weighted by Crippen LogP contribution is -2.26. The molecule has 0 aliphatic rings. The second-order valence-corrected chi connectivity index (χ2v) is 5.33. The number of alkyl halides is 2. The molecule has 1 N–H and O–H groups in total. The van der Waals surface area contributed by atoms with Gasteiger partial charge < -0.3 is 10.1 Å². The van der Waals surface area contributed by atoms with Crippen molar-refractivity contribution in [1.82, 2.24) is 5.32 Å². The predicted molar refractivity (Wildman–Crippen MR) is 84.4 cm³/mol. The van der Waals surface area contributed by atoms with E-state index < -0.39 is 6.61 Å². The third kappa shape index (κ3) is 5.30. The summed E-state index contributed by atoms with van der Waals surface area (Å²) < 4.78 is 42.0. The molecule has 0 aromatic heterocycles. The van der Waals surface area contributed by atoms with Crippen molar-refractivity contribution >= 4 is 5.91 Å². The highest BCUT2D eigenvalue weighted by atomic mass is 19.3. The standard InChI is InChI=1S/C18H18F3NO2/c1-12(13-6-9-15(10-7-13)24-18(20)21)22-17(23)11-8-14-4-2-3-5-16(14)19/h2-7,9-10,12,18H,8,11H2,1H3,(H,22,23). The van der Waals surface area contributed by atoms with E-state index in [1.54, 1.807) is 37.3 Å². The van der Waals surface area contributed by atoms with Crippen LogP contribution >= 0.6 is 0 Å². The Morgan fingerprint density at radius 3 is 2.42 bits per heavy atom. The molecule has 2 aromatic rings. The second kappa shape index (κ2) is 8.38. The molecule has 0 aliphatic heterocycles. The Morgan fingerprint density at radius 2 is 1.79 bits per heavy atom. The Bertz CT molecular complexity index is 674. The number of hydrogen-bond donors (Lipinski definition) is 1. The first-order chi connectivity index (χ1) is 11.5. The summed E-state index contributed by atoms with van der Waals surface area (Å²) in [6.07, 6.45) is 0.476. The molecular weight excluding hydrogens is 319 g/mol. The highest BCUT2D eigenvalue weighted by Crippen LogP contribution is 2.19. The van der Waals surface area contributed by atoms with Crippen molar-refractivity contribution in [3.05, 3.63) is 65.5 Å². The molecular formula is C18H18F3NO2. The number of nitrogens with one attached hydrogen (secondary N) is 1. The van der Waals surface area contributed by atoms with Crippen molar-refractivity contribution in [1.29, 1.82) is 0 Å². The van der Waals surface area contributed by atoms with E-state index in [4.69, 9.17) is 0 Å². The predicted octanol–water partition coefficient (Wildman–Crippen LogP) is 4.24. The van der Waals surface area contributed by atoms with E-state index in [-0.39, 0.29) is 29.9 Å². The number of aryl methyl sites for hydroxylation is 1. The van der Waals surface area contributed by atoms with E-state index in [1.807, 2.05) is 0 Å². The van der Waals surface area contributed by atoms with Crippen LogP contribution in [0.4, 0.5) is 13.2 Å². The monoisotopic (exact) mass is 337 g/mol. The fourth-order valence-corrected chi connectivity index (χ4v) is 2.28. The Kier molecular flexibility index (Phi) is 6.23. The SMILES string of the molecule is CC(NC(=O)CCc1ccccc1F)c1ccc(OC(F)F)cc1. The fourth-order valence-electron chi connectivity index (χ4n) is 2.28. The van der Waals surface area contributed by atoms with Gasteiger partial charge in [0.25, 0.3) is 0 Å². The zero-order valence-corrected chi connectivity index (χ0v) is 13.1. The zero-order valence-electron chi connectivity index (χ0n) is 13.1. The van der Waals surface area contributed by atoms with Crippen LogP contribution in [0.2, 0.25) is 0 Å². The average molecular weight is 337 g/mol. The van der Waals surface area contributed by atoms with Gasteiger partial charge in [-0.2, -0.15) is 8.78 Å². The van der Waals surface area contributed by atoms with Crippen molar-refractivity contribution in [3.63, 3.8) is 0 Å². The highest BCUT2D eigenvalue weighted by molar-refractivity contribution is 5.76. The first-order valence-electron chi connectivity index (χ1n) is 7.53. The highest BCUT2D eigenvalue weighted by Gasteiger charge is 2.11. The summed E-state index contributed by atoms with van der Waals surface area (Å²) in [4.78, 5) is 12.0. The lowest BCUT2D eigenvalue weighted by molar-refractivity contribution is -0.121. The number of halogens is 3. The Hall–Kier alpha value is -2.50. The lowest BCUT2D eigenvalue weighted by Gasteiger charge is -2.15. The molecule has 0 bridgehead atoms. The minimum Gasteiger partial charge on any atom is -0.435 e. The average Bonchev–Trinajstić information content (AvgIpc) is 2.54. The summed E-state index contributed by atoms with van der Waals surface area (Å²) in [6.45, 7) is -1.09. The Labute approximate surface area is 138 Å². The van der Waals surface area contributed by atoms with Gasteiger partial charge in [0.15, 0.2) is 0 Å². The van der Waals surface area contributed by atoms with Crippen molar-refractivity contribution in [2.75, 3.05) is 0 Å². The van der Waals surface area contributed by atoms with Gasteiger partial charge in [-0.1, -0.05) is 30.3 Å². The molecule has 0 saturated heterocycles. The molecule has 0 fully saturated rings. The molecule has 0 spiro atoms. The van der Waals surface area contributed by atoms with Gasteiger partial charge in [0.05, 0.1) is 6.04 Å².